The number of fused-ring (bicyclic) bond motifs is 2. The summed E-state index contributed by atoms with van der Waals surface area (Å²) in [5, 5.41) is 1.42. The van der Waals surface area contributed by atoms with Gasteiger partial charge < -0.3 is 4.90 Å². The van der Waals surface area contributed by atoms with Crippen LogP contribution in [0.1, 0.15) is 51.7 Å². The standard InChI is InChI=1S/C25H33N2S/c1-5-16-27-21-15-14-19-10-7-8-11-20(19)24(21)25(3,4)22(27)12-9-13-23-26(6-2)17-18-28-23/h7-13H,5-6,14-18H2,1-4H3/q+1. The first-order valence-electron chi connectivity index (χ1n) is 10.8. The minimum Gasteiger partial charge on any atom is -0.366 e. The van der Waals surface area contributed by atoms with Crippen LogP contribution in [0.5, 0.6) is 0 Å². The molecule has 0 amide bonds. The van der Waals surface area contributed by atoms with Crippen LogP contribution in [0.2, 0.25) is 0 Å². The van der Waals surface area contributed by atoms with Gasteiger partial charge in [0.25, 0.3) is 0 Å². The molecular weight excluding hydrogens is 360 g/mol. The molecule has 0 N–H and O–H groups in total. The van der Waals surface area contributed by atoms with E-state index in [2.05, 4.69) is 79.7 Å². The lowest BCUT2D eigenvalue weighted by Crippen LogP contribution is -2.26. The van der Waals surface area contributed by atoms with Crippen LogP contribution in [0.3, 0.4) is 0 Å². The van der Waals surface area contributed by atoms with Gasteiger partial charge in [0.2, 0.25) is 0 Å². The molecule has 1 fully saturated rings. The maximum Gasteiger partial charge on any atom is 0.191 e. The van der Waals surface area contributed by atoms with E-state index in [4.69, 9.17) is 0 Å². The second-order valence-corrected chi connectivity index (χ2v) is 9.55. The molecule has 0 atom stereocenters. The van der Waals surface area contributed by atoms with Gasteiger partial charge in [0.05, 0.1) is 10.4 Å². The van der Waals surface area contributed by atoms with Gasteiger partial charge in [-0.25, -0.2) is 0 Å². The molecule has 2 aliphatic heterocycles. The number of hydrogen-bond acceptors (Lipinski definition) is 2. The minimum absolute atomic E-state index is 0.0449. The number of aryl methyl sites for hydroxylation is 1. The van der Waals surface area contributed by atoms with E-state index in [9.17, 15) is 0 Å². The van der Waals surface area contributed by atoms with Crippen LogP contribution in [0.25, 0.3) is 5.57 Å². The van der Waals surface area contributed by atoms with Crippen LogP contribution in [-0.4, -0.2) is 40.6 Å². The lowest BCUT2D eigenvalue weighted by atomic mass is 9.73. The lowest BCUT2D eigenvalue weighted by molar-refractivity contribution is -0.476. The van der Waals surface area contributed by atoms with Gasteiger partial charge in [0.1, 0.15) is 6.54 Å². The van der Waals surface area contributed by atoms with Crippen LogP contribution in [0.4, 0.5) is 0 Å². The van der Waals surface area contributed by atoms with Crippen molar-refractivity contribution in [3.05, 3.63) is 64.3 Å². The summed E-state index contributed by atoms with van der Waals surface area (Å²) >= 11 is 1.98. The Hall–Kier alpha value is -1.74. The van der Waals surface area contributed by atoms with E-state index in [1.165, 1.54) is 40.6 Å². The molecule has 0 radical (unpaired) electrons. The van der Waals surface area contributed by atoms with Gasteiger partial charge in [-0.2, -0.15) is 4.58 Å². The molecule has 0 aromatic heterocycles. The van der Waals surface area contributed by atoms with Crippen LogP contribution in [-0.2, 0) is 6.42 Å². The molecule has 148 valence electrons. The third kappa shape index (κ3) is 3.28. The molecule has 1 aromatic rings. The highest BCUT2D eigenvalue weighted by molar-refractivity contribution is 8.03. The summed E-state index contributed by atoms with van der Waals surface area (Å²) in [7, 11) is 0. The Morgan fingerprint density at radius 2 is 2.00 bits per heavy atom. The maximum absolute atomic E-state index is 2.62. The monoisotopic (exact) mass is 393 g/mol. The number of allylic oxidation sites excluding steroid dienone is 5. The number of thioether (sulfide) groups is 1. The lowest BCUT2D eigenvalue weighted by Gasteiger charge is -2.24. The molecule has 1 saturated heterocycles. The summed E-state index contributed by atoms with van der Waals surface area (Å²) in [5.74, 6) is 1.21. The fraction of sp³-hybridized carbons (Fsp3) is 0.480. The predicted molar refractivity (Wildman–Crippen MR) is 123 cm³/mol. The van der Waals surface area contributed by atoms with E-state index in [-0.39, 0.29) is 5.41 Å². The van der Waals surface area contributed by atoms with E-state index in [1.54, 1.807) is 11.3 Å². The average Bonchev–Trinajstić information content (AvgIpc) is 3.24. The van der Waals surface area contributed by atoms with Crippen LogP contribution in [0.15, 0.2) is 53.2 Å². The van der Waals surface area contributed by atoms with E-state index >= 15 is 0 Å². The Kier molecular flexibility index (Phi) is 5.55. The normalized spacial score (nSPS) is 22.6. The van der Waals surface area contributed by atoms with E-state index < -0.39 is 0 Å². The fourth-order valence-corrected chi connectivity index (χ4v) is 6.12. The highest BCUT2D eigenvalue weighted by atomic mass is 32.2. The Morgan fingerprint density at radius 1 is 1.18 bits per heavy atom. The van der Waals surface area contributed by atoms with Gasteiger partial charge >= 0.3 is 0 Å². The van der Waals surface area contributed by atoms with Crippen molar-refractivity contribution < 1.29 is 4.58 Å². The van der Waals surface area contributed by atoms with Crippen molar-refractivity contribution >= 4 is 23.0 Å². The predicted octanol–water partition coefficient (Wildman–Crippen LogP) is 5.71. The Balaban J connectivity index is 1.72. The first-order valence-corrected chi connectivity index (χ1v) is 11.8. The van der Waals surface area contributed by atoms with E-state index in [0.717, 1.165) is 25.9 Å². The zero-order valence-electron chi connectivity index (χ0n) is 17.8. The number of rotatable bonds is 5. The molecule has 0 spiro atoms. The number of hydrogen-bond donors (Lipinski definition) is 0. The molecule has 0 unspecified atom stereocenters. The molecule has 3 heteroatoms. The maximum atomic E-state index is 2.62. The summed E-state index contributed by atoms with van der Waals surface area (Å²) in [6.07, 6.45) is 10.5. The van der Waals surface area contributed by atoms with Crippen molar-refractivity contribution in [3.63, 3.8) is 0 Å². The van der Waals surface area contributed by atoms with Crippen molar-refractivity contribution in [3.8, 4) is 0 Å². The van der Waals surface area contributed by atoms with Gasteiger partial charge in [-0.1, -0.05) is 37.3 Å². The Bertz CT molecular complexity index is 886. The van der Waals surface area contributed by atoms with E-state index in [1.807, 2.05) is 11.8 Å². The van der Waals surface area contributed by atoms with Crippen molar-refractivity contribution in [1.82, 2.24) is 4.90 Å². The van der Waals surface area contributed by atoms with Gasteiger partial charge in [0.15, 0.2) is 11.4 Å². The molecule has 2 heterocycles. The summed E-state index contributed by atoms with van der Waals surface area (Å²) in [5.41, 5.74) is 7.60. The fourth-order valence-electron chi connectivity index (χ4n) is 5.02. The summed E-state index contributed by atoms with van der Waals surface area (Å²) in [4.78, 5) is 2.47. The SMILES string of the molecule is CCC[N+]1=C(/C=C/C=C2\SCCN2CC)C(C)(C)C2=C1CCc1ccccc12. The zero-order valence-corrected chi connectivity index (χ0v) is 18.6. The molecule has 4 rings (SSSR count). The van der Waals surface area contributed by atoms with Gasteiger partial charge in [-0.3, -0.25) is 0 Å². The van der Waals surface area contributed by atoms with Crippen molar-refractivity contribution in [2.24, 2.45) is 5.41 Å². The third-order valence-corrected chi connectivity index (χ3v) is 7.41. The van der Waals surface area contributed by atoms with Gasteiger partial charge in [0, 0.05) is 43.3 Å². The zero-order chi connectivity index (χ0) is 19.7. The summed E-state index contributed by atoms with van der Waals surface area (Å²) in [6.45, 7) is 12.7. The molecule has 1 aliphatic carbocycles. The van der Waals surface area contributed by atoms with Crippen molar-refractivity contribution in [1.29, 1.82) is 0 Å². The molecule has 1 aromatic carbocycles. The largest absolute Gasteiger partial charge is 0.366 e. The summed E-state index contributed by atoms with van der Waals surface area (Å²) in [6, 6.07) is 9.03. The third-order valence-electron chi connectivity index (χ3n) is 6.33. The smallest absolute Gasteiger partial charge is 0.191 e. The van der Waals surface area contributed by atoms with E-state index in [0.29, 0.717) is 0 Å². The molecule has 0 bridgehead atoms. The molecular formula is C25H33N2S+. The number of benzene rings is 1. The van der Waals surface area contributed by atoms with Gasteiger partial charge in [-0.15, -0.1) is 11.8 Å². The molecule has 0 saturated carbocycles. The highest BCUT2D eigenvalue weighted by Crippen LogP contribution is 2.48. The Morgan fingerprint density at radius 3 is 2.79 bits per heavy atom. The minimum atomic E-state index is 0.0449. The highest BCUT2D eigenvalue weighted by Gasteiger charge is 2.48. The van der Waals surface area contributed by atoms with Crippen LogP contribution >= 0.6 is 11.8 Å². The second-order valence-electron chi connectivity index (χ2n) is 8.43. The van der Waals surface area contributed by atoms with Crippen LogP contribution < -0.4 is 0 Å². The van der Waals surface area contributed by atoms with Crippen LogP contribution in [0, 0.1) is 5.41 Å². The quantitative estimate of drug-likeness (QED) is 0.591. The first-order chi connectivity index (χ1) is 13.6. The second kappa shape index (κ2) is 7.94. The Labute approximate surface area is 174 Å². The molecule has 28 heavy (non-hydrogen) atoms. The van der Waals surface area contributed by atoms with Gasteiger partial charge in [-0.05, 0) is 44.4 Å². The first kappa shape index (κ1) is 19.6. The average molecular weight is 394 g/mol. The molecule has 3 aliphatic rings. The van der Waals surface area contributed by atoms with Crippen molar-refractivity contribution in [2.45, 2.75) is 47.0 Å². The summed E-state index contributed by atoms with van der Waals surface area (Å²) < 4.78 is 2.62. The topological polar surface area (TPSA) is 6.25 Å². The number of nitrogens with zero attached hydrogens (tertiary/aromatic N) is 2. The molecule has 2 nitrogen and oxygen atoms in total. The van der Waals surface area contributed by atoms with Crippen molar-refractivity contribution in [2.75, 3.05) is 25.4 Å².